The smallest absolute Gasteiger partial charge is 0.344 e. The molecule has 0 atom stereocenters. The van der Waals surface area contributed by atoms with E-state index in [4.69, 9.17) is 0 Å². The second-order valence-corrected chi connectivity index (χ2v) is 7.37. The van der Waals surface area contributed by atoms with Gasteiger partial charge in [0.1, 0.15) is 0 Å². The van der Waals surface area contributed by atoms with Crippen LogP contribution in [0, 0.1) is 6.92 Å². The van der Waals surface area contributed by atoms with Crippen molar-refractivity contribution in [3.8, 4) is 0 Å². The lowest BCUT2D eigenvalue weighted by Gasteiger charge is -2.34. The molecule has 138 valence electrons. The fourth-order valence-electron chi connectivity index (χ4n) is 3.84. The van der Waals surface area contributed by atoms with Crippen LogP contribution in [-0.2, 0) is 6.54 Å². The zero-order valence-corrected chi connectivity index (χ0v) is 15.5. The van der Waals surface area contributed by atoms with E-state index >= 15 is 0 Å². The molecule has 6 heteroatoms. The Morgan fingerprint density at radius 1 is 1.08 bits per heavy atom. The summed E-state index contributed by atoms with van der Waals surface area (Å²) < 4.78 is 1.45. The Morgan fingerprint density at radius 2 is 1.85 bits per heavy atom. The quantitative estimate of drug-likeness (QED) is 0.851. The summed E-state index contributed by atoms with van der Waals surface area (Å²) >= 11 is 0. The van der Waals surface area contributed by atoms with Crippen molar-refractivity contribution < 1.29 is 4.79 Å². The summed E-state index contributed by atoms with van der Waals surface area (Å²) in [6, 6.07) is 8.91. The van der Waals surface area contributed by atoms with Gasteiger partial charge in [-0.15, -0.1) is 0 Å². The van der Waals surface area contributed by atoms with E-state index < -0.39 is 0 Å². The maximum Gasteiger partial charge on any atom is 0.344 e. The SMILES string of the molecule is Cc1cnn(C(=O)N2CCN(Cc3cccc(N4CCCC4)c3)CC2)c1. The van der Waals surface area contributed by atoms with Crippen LogP contribution in [-0.4, -0.2) is 64.9 Å². The number of hydrogen-bond donors (Lipinski definition) is 0. The topological polar surface area (TPSA) is 44.6 Å². The van der Waals surface area contributed by atoms with E-state index in [2.05, 4.69) is 39.2 Å². The highest BCUT2D eigenvalue weighted by molar-refractivity contribution is 5.76. The molecule has 3 heterocycles. The highest BCUT2D eigenvalue weighted by Gasteiger charge is 2.23. The van der Waals surface area contributed by atoms with Crippen LogP contribution in [0.4, 0.5) is 10.5 Å². The summed E-state index contributed by atoms with van der Waals surface area (Å²) in [5, 5.41) is 4.13. The Hall–Kier alpha value is -2.34. The van der Waals surface area contributed by atoms with Crippen molar-refractivity contribution >= 4 is 11.7 Å². The number of rotatable bonds is 3. The molecule has 0 bridgehead atoms. The number of anilines is 1. The van der Waals surface area contributed by atoms with Gasteiger partial charge < -0.3 is 9.80 Å². The minimum absolute atomic E-state index is 0.0196. The van der Waals surface area contributed by atoms with Crippen molar-refractivity contribution in [3.05, 3.63) is 47.8 Å². The number of hydrogen-bond acceptors (Lipinski definition) is 4. The monoisotopic (exact) mass is 353 g/mol. The molecule has 2 aromatic rings. The van der Waals surface area contributed by atoms with Gasteiger partial charge in [0, 0.05) is 57.7 Å². The second-order valence-electron chi connectivity index (χ2n) is 7.37. The summed E-state index contributed by atoms with van der Waals surface area (Å²) in [4.78, 5) is 19.3. The number of aryl methyl sites for hydroxylation is 1. The maximum absolute atomic E-state index is 12.5. The van der Waals surface area contributed by atoms with Crippen molar-refractivity contribution in [3.63, 3.8) is 0 Å². The van der Waals surface area contributed by atoms with Crippen molar-refractivity contribution in [2.75, 3.05) is 44.2 Å². The zero-order valence-electron chi connectivity index (χ0n) is 15.5. The molecule has 2 aliphatic heterocycles. The van der Waals surface area contributed by atoms with Crippen molar-refractivity contribution in [2.24, 2.45) is 0 Å². The molecular formula is C20H27N5O. The van der Waals surface area contributed by atoms with Crippen LogP contribution in [0.5, 0.6) is 0 Å². The van der Waals surface area contributed by atoms with Crippen molar-refractivity contribution in [2.45, 2.75) is 26.3 Å². The molecule has 1 aromatic carbocycles. The van der Waals surface area contributed by atoms with Gasteiger partial charge in [0.2, 0.25) is 0 Å². The highest BCUT2D eigenvalue weighted by Crippen LogP contribution is 2.22. The van der Waals surface area contributed by atoms with E-state index in [0.29, 0.717) is 0 Å². The highest BCUT2D eigenvalue weighted by atomic mass is 16.2. The van der Waals surface area contributed by atoms with Gasteiger partial charge in [-0.05, 0) is 43.0 Å². The lowest BCUT2D eigenvalue weighted by atomic mass is 10.1. The van der Waals surface area contributed by atoms with Gasteiger partial charge in [0.15, 0.2) is 0 Å². The molecule has 0 saturated carbocycles. The zero-order chi connectivity index (χ0) is 17.9. The molecule has 0 aliphatic carbocycles. The molecule has 0 unspecified atom stereocenters. The van der Waals surface area contributed by atoms with Gasteiger partial charge in [-0.3, -0.25) is 4.90 Å². The molecule has 1 amide bonds. The molecule has 26 heavy (non-hydrogen) atoms. The Labute approximate surface area is 155 Å². The fourth-order valence-corrected chi connectivity index (χ4v) is 3.84. The van der Waals surface area contributed by atoms with Gasteiger partial charge in [-0.2, -0.15) is 9.78 Å². The van der Waals surface area contributed by atoms with Crippen LogP contribution in [0.2, 0.25) is 0 Å². The summed E-state index contributed by atoms with van der Waals surface area (Å²) in [6.07, 6.45) is 6.12. The van der Waals surface area contributed by atoms with E-state index in [1.54, 1.807) is 12.4 Å². The third kappa shape index (κ3) is 3.75. The Bertz CT molecular complexity index is 757. The third-order valence-corrected chi connectivity index (χ3v) is 5.34. The normalized spacial score (nSPS) is 18.5. The van der Waals surface area contributed by atoms with E-state index in [1.807, 2.05) is 11.8 Å². The van der Waals surface area contributed by atoms with Crippen LogP contribution >= 0.6 is 0 Å². The number of carbonyl (C=O) groups is 1. The summed E-state index contributed by atoms with van der Waals surface area (Å²) in [5.41, 5.74) is 3.72. The van der Waals surface area contributed by atoms with E-state index in [9.17, 15) is 4.79 Å². The summed E-state index contributed by atoms with van der Waals surface area (Å²) in [5.74, 6) is 0. The maximum atomic E-state index is 12.5. The second kappa shape index (κ2) is 7.50. The Morgan fingerprint density at radius 3 is 2.54 bits per heavy atom. The van der Waals surface area contributed by atoms with Gasteiger partial charge in [-0.25, -0.2) is 4.79 Å². The fraction of sp³-hybridized carbons (Fsp3) is 0.500. The molecule has 6 nitrogen and oxygen atoms in total. The summed E-state index contributed by atoms with van der Waals surface area (Å²) in [6.45, 7) is 8.57. The standard InChI is InChI=1S/C20H27N5O/c1-17-14-21-25(15-17)20(26)24-11-9-22(10-12-24)16-18-5-4-6-19(13-18)23-7-2-3-8-23/h4-6,13-15H,2-3,7-12,16H2,1H3. The molecule has 4 rings (SSSR count). The lowest BCUT2D eigenvalue weighted by molar-refractivity contribution is 0.134. The van der Waals surface area contributed by atoms with Crippen molar-refractivity contribution in [1.29, 1.82) is 0 Å². The molecule has 2 fully saturated rings. The number of piperazine rings is 1. The van der Waals surface area contributed by atoms with Crippen LogP contribution in [0.15, 0.2) is 36.7 Å². The van der Waals surface area contributed by atoms with E-state index in [0.717, 1.165) is 38.3 Å². The van der Waals surface area contributed by atoms with Crippen LogP contribution < -0.4 is 4.90 Å². The first-order chi connectivity index (χ1) is 12.7. The van der Waals surface area contributed by atoms with Crippen LogP contribution in [0.3, 0.4) is 0 Å². The minimum atomic E-state index is -0.0196. The van der Waals surface area contributed by atoms with Crippen LogP contribution in [0.25, 0.3) is 0 Å². The van der Waals surface area contributed by atoms with Gasteiger partial charge >= 0.3 is 6.03 Å². The largest absolute Gasteiger partial charge is 0.372 e. The molecule has 1 aromatic heterocycles. The van der Waals surface area contributed by atoms with E-state index in [1.165, 1.54) is 41.9 Å². The Balaban J connectivity index is 1.32. The lowest BCUT2D eigenvalue weighted by Crippen LogP contribution is -2.49. The van der Waals surface area contributed by atoms with E-state index in [-0.39, 0.29) is 6.03 Å². The van der Waals surface area contributed by atoms with Crippen molar-refractivity contribution in [1.82, 2.24) is 19.6 Å². The average molecular weight is 353 g/mol. The molecular weight excluding hydrogens is 326 g/mol. The number of carbonyl (C=O) groups excluding carboxylic acids is 1. The summed E-state index contributed by atoms with van der Waals surface area (Å²) in [7, 11) is 0. The number of aromatic nitrogens is 2. The molecule has 0 radical (unpaired) electrons. The molecule has 0 spiro atoms. The first-order valence-electron chi connectivity index (χ1n) is 9.56. The first-order valence-corrected chi connectivity index (χ1v) is 9.56. The Kier molecular flexibility index (Phi) is 4.93. The molecule has 2 aliphatic rings. The van der Waals surface area contributed by atoms with Gasteiger partial charge in [-0.1, -0.05) is 12.1 Å². The first kappa shape index (κ1) is 17.1. The number of benzene rings is 1. The predicted octanol–water partition coefficient (Wildman–Crippen LogP) is 2.58. The number of nitrogens with zero attached hydrogens (tertiary/aromatic N) is 5. The molecule has 0 N–H and O–H groups in total. The average Bonchev–Trinajstić information content (AvgIpc) is 3.34. The van der Waals surface area contributed by atoms with Crippen LogP contribution in [0.1, 0.15) is 24.0 Å². The molecule has 2 saturated heterocycles. The van der Waals surface area contributed by atoms with Gasteiger partial charge in [0.05, 0.1) is 6.20 Å². The third-order valence-electron chi connectivity index (χ3n) is 5.34. The minimum Gasteiger partial charge on any atom is -0.372 e. The number of amides is 1. The predicted molar refractivity (Wildman–Crippen MR) is 102 cm³/mol. The van der Waals surface area contributed by atoms with Gasteiger partial charge in [0.25, 0.3) is 0 Å².